The van der Waals surface area contributed by atoms with Crippen LogP contribution in [-0.4, -0.2) is 38.4 Å². The molecule has 19 heavy (non-hydrogen) atoms. The fourth-order valence-electron chi connectivity index (χ4n) is 0.952. The van der Waals surface area contributed by atoms with Crippen LogP contribution in [0.5, 0.6) is 0 Å². The Bertz CT molecular complexity index is 321. The third-order valence-corrected chi connectivity index (χ3v) is 2.43. The lowest BCUT2D eigenvalue weighted by Crippen LogP contribution is -2.15. The predicted octanol–water partition coefficient (Wildman–Crippen LogP) is 2.02. The Morgan fingerprint density at radius 1 is 0.789 bits per heavy atom. The van der Waals surface area contributed by atoms with Gasteiger partial charge in [-0.25, -0.2) is 9.59 Å². The molecular formula is C14H22O5. The van der Waals surface area contributed by atoms with E-state index in [-0.39, 0.29) is 38.4 Å². The van der Waals surface area contributed by atoms with Gasteiger partial charge in [-0.2, -0.15) is 0 Å². The van der Waals surface area contributed by atoms with Gasteiger partial charge in [0, 0.05) is 11.1 Å². The maximum atomic E-state index is 11.2. The summed E-state index contributed by atoms with van der Waals surface area (Å²) in [6.45, 7) is 7.85. The fraction of sp³-hybridized carbons (Fsp3) is 0.571. The van der Waals surface area contributed by atoms with Crippen molar-refractivity contribution in [2.24, 2.45) is 0 Å². The summed E-state index contributed by atoms with van der Waals surface area (Å²) in [7, 11) is 0. The summed E-state index contributed by atoms with van der Waals surface area (Å²) in [4.78, 5) is 22.5. The second-order valence-corrected chi connectivity index (χ2v) is 3.83. The van der Waals surface area contributed by atoms with Crippen molar-refractivity contribution in [1.82, 2.24) is 0 Å². The second kappa shape index (κ2) is 10.3. The molecule has 0 aliphatic heterocycles. The molecule has 0 N–H and O–H groups in total. The van der Waals surface area contributed by atoms with Crippen molar-refractivity contribution in [3.8, 4) is 0 Å². The van der Waals surface area contributed by atoms with E-state index in [0.29, 0.717) is 11.1 Å². The molecule has 0 aromatic rings. The first-order chi connectivity index (χ1) is 9.02. The molecule has 0 saturated carbocycles. The van der Waals surface area contributed by atoms with Crippen LogP contribution in [0.3, 0.4) is 0 Å². The van der Waals surface area contributed by atoms with E-state index in [1.54, 1.807) is 39.8 Å². The molecule has 0 spiro atoms. The maximum Gasteiger partial charge on any atom is 0.333 e. The molecule has 5 heteroatoms. The number of esters is 2. The van der Waals surface area contributed by atoms with E-state index in [4.69, 9.17) is 14.2 Å². The molecular weight excluding hydrogens is 248 g/mol. The van der Waals surface area contributed by atoms with Gasteiger partial charge in [-0.05, 0) is 27.7 Å². The summed E-state index contributed by atoms with van der Waals surface area (Å²) in [5, 5.41) is 0. The largest absolute Gasteiger partial charge is 0.460 e. The number of carbonyl (C=O) groups excluding carboxylic acids is 2. The molecule has 0 heterocycles. The van der Waals surface area contributed by atoms with Crippen LogP contribution in [-0.2, 0) is 23.8 Å². The van der Waals surface area contributed by atoms with Gasteiger partial charge in [0.2, 0.25) is 0 Å². The first-order valence-electron chi connectivity index (χ1n) is 6.20. The number of hydrogen-bond donors (Lipinski definition) is 0. The minimum atomic E-state index is -0.346. The molecule has 0 bridgehead atoms. The molecule has 0 atom stereocenters. The molecule has 0 rings (SSSR count). The van der Waals surface area contributed by atoms with Gasteiger partial charge in [0.05, 0.1) is 13.2 Å². The third-order valence-electron chi connectivity index (χ3n) is 2.43. The van der Waals surface area contributed by atoms with E-state index in [1.165, 1.54) is 0 Å². The Morgan fingerprint density at radius 3 is 1.47 bits per heavy atom. The van der Waals surface area contributed by atoms with Gasteiger partial charge in [0.15, 0.2) is 0 Å². The van der Waals surface area contributed by atoms with Gasteiger partial charge in [0.1, 0.15) is 13.2 Å². The first kappa shape index (κ1) is 17.4. The Hall–Kier alpha value is -1.62. The van der Waals surface area contributed by atoms with Crippen LogP contribution >= 0.6 is 0 Å². The lowest BCUT2D eigenvalue weighted by Gasteiger charge is -2.07. The van der Waals surface area contributed by atoms with Crippen molar-refractivity contribution < 1.29 is 23.8 Å². The average Bonchev–Trinajstić information content (AvgIpc) is 2.43. The monoisotopic (exact) mass is 270 g/mol. The molecule has 5 nitrogen and oxygen atoms in total. The van der Waals surface area contributed by atoms with Crippen LogP contribution in [0.25, 0.3) is 0 Å². The summed E-state index contributed by atoms with van der Waals surface area (Å²) < 4.78 is 15.0. The molecule has 0 aliphatic rings. The summed E-state index contributed by atoms with van der Waals surface area (Å²) >= 11 is 0. The minimum Gasteiger partial charge on any atom is -0.460 e. The molecule has 0 amide bonds. The Kier molecular flexibility index (Phi) is 9.44. The van der Waals surface area contributed by atoms with E-state index in [9.17, 15) is 9.59 Å². The highest BCUT2D eigenvalue weighted by Gasteiger charge is 2.05. The quantitative estimate of drug-likeness (QED) is 0.383. The highest BCUT2D eigenvalue weighted by atomic mass is 16.6. The summed E-state index contributed by atoms with van der Waals surface area (Å²) in [5.41, 5.74) is 1.13. The second-order valence-electron chi connectivity index (χ2n) is 3.83. The topological polar surface area (TPSA) is 61.8 Å². The van der Waals surface area contributed by atoms with Gasteiger partial charge in [-0.3, -0.25) is 0 Å². The zero-order valence-corrected chi connectivity index (χ0v) is 12.0. The standard InChI is InChI=1S/C14H22O5/c1-5-11(3)13(15)18-9-7-17-8-10-19-14(16)12(4)6-2/h5-6H,7-10H2,1-4H3. The summed E-state index contributed by atoms with van der Waals surface area (Å²) in [5.74, 6) is -0.692. The van der Waals surface area contributed by atoms with Gasteiger partial charge < -0.3 is 14.2 Å². The molecule has 0 fully saturated rings. The van der Waals surface area contributed by atoms with Gasteiger partial charge in [-0.1, -0.05) is 12.2 Å². The molecule has 108 valence electrons. The van der Waals surface area contributed by atoms with E-state index < -0.39 is 0 Å². The van der Waals surface area contributed by atoms with Crippen molar-refractivity contribution in [2.75, 3.05) is 26.4 Å². The normalized spacial score (nSPS) is 12.2. The van der Waals surface area contributed by atoms with Crippen molar-refractivity contribution in [3.05, 3.63) is 23.3 Å². The smallest absolute Gasteiger partial charge is 0.333 e. The maximum absolute atomic E-state index is 11.2. The SMILES string of the molecule is CC=C(C)C(=O)OCCOCCOC(=O)C(C)=CC. The molecule has 0 aliphatic carbocycles. The van der Waals surface area contributed by atoms with Crippen LogP contribution < -0.4 is 0 Å². The highest BCUT2D eigenvalue weighted by Crippen LogP contribution is 1.96. The summed E-state index contributed by atoms with van der Waals surface area (Å²) in [6, 6.07) is 0. The van der Waals surface area contributed by atoms with Crippen LogP contribution in [0.15, 0.2) is 23.3 Å². The minimum absolute atomic E-state index is 0.186. The Labute approximate surface area is 114 Å². The van der Waals surface area contributed by atoms with Crippen molar-refractivity contribution in [3.63, 3.8) is 0 Å². The third kappa shape index (κ3) is 8.15. The van der Waals surface area contributed by atoms with Crippen LogP contribution in [0, 0.1) is 0 Å². The van der Waals surface area contributed by atoms with Crippen LogP contribution in [0.2, 0.25) is 0 Å². The predicted molar refractivity (Wildman–Crippen MR) is 71.6 cm³/mol. The molecule has 0 unspecified atom stereocenters. The number of carbonyl (C=O) groups is 2. The van der Waals surface area contributed by atoms with Crippen molar-refractivity contribution in [1.29, 1.82) is 0 Å². The van der Waals surface area contributed by atoms with Gasteiger partial charge in [-0.15, -0.1) is 0 Å². The lowest BCUT2D eigenvalue weighted by molar-refractivity contribution is -0.142. The molecule has 0 aromatic heterocycles. The molecule has 0 aromatic carbocycles. The van der Waals surface area contributed by atoms with Crippen LogP contribution in [0.1, 0.15) is 27.7 Å². The zero-order valence-electron chi connectivity index (χ0n) is 12.0. The fourth-order valence-corrected chi connectivity index (χ4v) is 0.952. The van der Waals surface area contributed by atoms with Gasteiger partial charge >= 0.3 is 11.9 Å². The number of hydrogen-bond acceptors (Lipinski definition) is 5. The van der Waals surface area contributed by atoms with E-state index in [2.05, 4.69) is 0 Å². The van der Waals surface area contributed by atoms with Crippen LogP contribution in [0.4, 0.5) is 0 Å². The van der Waals surface area contributed by atoms with Crippen molar-refractivity contribution >= 4 is 11.9 Å². The van der Waals surface area contributed by atoms with E-state index in [0.717, 1.165) is 0 Å². The zero-order chi connectivity index (χ0) is 14.7. The lowest BCUT2D eigenvalue weighted by atomic mass is 10.3. The molecule has 0 saturated heterocycles. The van der Waals surface area contributed by atoms with E-state index in [1.807, 2.05) is 0 Å². The van der Waals surface area contributed by atoms with E-state index >= 15 is 0 Å². The number of rotatable bonds is 8. The Balaban J connectivity index is 3.52. The molecule has 0 radical (unpaired) electrons. The van der Waals surface area contributed by atoms with Gasteiger partial charge in [0.25, 0.3) is 0 Å². The highest BCUT2D eigenvalue weighted by molar-refractivity contribution is 5.87. The first-order valence-corrected chi connectivity index (χ1v) is 6.20. The summed E-state index contributed by atoms with van der Waals surface area (Å²) in [6.07, 6.45) is 3.37. The average molecular weight is 270 g/mol. The van der Waals surface area contributed by atoms with Crippen molar-refractivity contribution in [2.45, 2.75) is 27.7 Å². The number of allylic oxidation sites excluding steroid dienone is 2. The Morgan fingerprint density at radius 2 is 1.16 bits per heavy atom. The number of ether oxygens (including phenoxy) is 3.